The van der Waals surface area contributed by atoms with Gasteiger partial charge in [0.2, 0.25) is 0 Å². The number of hydrogen-bond acceptors (Lipinski definition) is 8. The van der Waals surface area contributed by atoms with Crippen LogP contribution in [0.2, 0.25) is 0 Å². The van der Waals surface area contributed by atoms with Gasteiger partial charge >= 0.3 is 0 Å². The Morgan fingerprint density at radius 1 is 0.235 bits per heavy atom. The minimum atomic E-state index is -0.0764. The maximum Gasteiger partial charge on any atom is 0.157 e. The molecule has 0 atom stereocenters. The minimum absolute atomic E-state index is 0. The molecule has 0 saturated carbocycles. The number of phenolic OH excluding ortho intramolecular Hbond substituents is 8. The van der Waals surface area contributed by atoms with Crippen molar-refractivity contribution in [3.8, 4) is 46.0 Å². The Morgan fingerprint density at radius 2 is 0.324 bits per heavy atom. The van der Waals surface area contributed by atoms with Gasteiger partial charge in [-0.15, -0.1) is 0 Å². The van der Waals surface area contributed by atoms with Gasteiger partial charge in [0.05, 0.1) is 0 Å². The third-order valence-corrected chi connectivity index (χ3v) is 3.53. The summed E-state index contributed by atoms with van der Waals surface area (Å²) in [6.45, 7) is 0. The maximum atomic E-state index is 8.67. The SMILES string of the molecule is Oc1ccccc1O.Oc1ccccc1O.Oc1ccccc1O.Oc1ccccc1O.S.S. The highest BCUT2D eigenvalue weighted by Gasteiger charge is 1.92. The summed E-state index contributed by atoms with van der Waals surface area (Å²) < 4.78 is 0. The van der Waals surface area contributed by atoms with Gasteiger partial charge in [-0.1, -0.05) is 48.5 Å². The Bertz CT molecular complexity index is 836. The lowest BCUT2D eigenvalue weighted by Gasteiger charge is -1.91. The zero-order valence-corrected chi connectivity index (χ0v) is 19.8. The molecule has 0 spiro atoms. The van der Waals surface area contributed by atoms with Crippen LogP contribution in [-0.4, -0.2) is 40.9 Å². The van der Waals surface area contributed by atoms with Crippen LogP contribution in [0.25, 0.3) is 0 Å². The smallest absolute Gasteiger partial charge is 0.157 e. The average molecular weight is 509 g/mol. The summed E-state index contributed by atoms with van der Waals surface area (Å²) >= 11 is 0. The van der Waals surface area contributed by atoms with Crippen LogP contribution in [0, 0.1) is 0 Å². The lowest BCUT2D eigenvalue weighted by Crippen LogP contribution is -1.63. The van der Waals surface area contributed by atoms with Gasteiger partial charge in [0.25, 0.3) is 0 Å². The van der Waals surface area contributed by atoms with Gasteiger partial charge in [-0.2, -0.15) is 27.0 Å². The molecule has 0 aromatic heterocycles. The molecule has 0 aliphatic heterocycles. The van der Waals surface area contributed by atoms with Crippen LogP contribution in [0.15, 0.2) is 97.1 Å². The first-order chi connectivity index (χ1) is 15.2. The van der Waals surface area contributed by atoms with E-state index in [1.807, 2.05) is 0 Å². The van der Waals surface area contributed by atoms with Crippen LogP contribution in [0.3, 0.4) is 0 Å². The molecule has 4 aromatic carbocycles. The molecule has 0 unspecified atom stereocenters. The molecule has 0 bridgehead atoms. The van der Waals surface area contributed by atoms with E-state index < -0.39 is 0 Å². The van der Waals surface area contributed by atoms with Crippen molar-refractivity contribution in [3.05, 3.63) is 97.1 Å². The van der Waals surface area contributed by atoms with Gasteiger partial charge < -0.3 is 40.9 Å². The molecule has 184 valence electrons. The van der Waals surface area contributed by atoms with Crippen molar-refractivity contribution >= 4 is 27.0 Å². The number of hydrogen-bond donors (Lipinski definition) is 8. The van der Waals surface area contributed by atoms with Crippen molar-refractivity contribution in [2.45, 2.75) is 0 Å². The number of aromatic hydroxyl groups is 8. The highest BCUT2D eigenvalue weighted by molar-refractivity contribution is 7.59. The molecule has 4 rings (SSSR count). The summed E-state index contributed by atoms with van der Waals surface area (Å²) in [7, 11) is 0. The fourth-order valence-corrected chi connectivity index (χ4v) is 1.86. The fraction of sp³-hybridized carbons (Fsp3) is 0. The Labute approximate surface area is 210 Å². The topological polar surface area (TPSA) is 162 Å². The fourth-order valence-electron chi connectivity index (χ4n) is 1.86. The van der Waals surface area contributed by atoms with Crippen molar-refractivity contribution in [1.82, 2.24) is 0 Å². The van der Waals surface area contributed by atoms with Crippen molar-refractivity contribution in [3.63, 3.8) is 0 Å². The summed E-state index contributed by atoms with van der Waals surface area (Å²) in [5.74, 6) is -0.611. The molecule has 0 radical (unpaired) electrons. The third-order valence-electron chi connectivity index (χ3n) is 3.53. The normalized spacial score (nSPS) is 8.47. The predicted molar refractivity (Wildman–Crippen MR) is 140 cm³/mol. The molecule has 0 heterocycles. The van der Waals surface area contributed by atoms with Crippen LogP contribution >= 0.6 is 27.0 Å². The molecular weight excluding hydrogens is 480 g/mol. The van der Waals surface area contributed by atoms with E-state index in [2.05, 4.69) is 0 Å². The average Bonchev–Trinajstić information content (AvgIpc) is 2.78. The highest BCUT2D eigenvalue weighted by atomic mass is 32.1. The molecule has 34 heavy (non-hydrogen) atoms. The van der Waals surface area contributed by atoms with Crippen LogP contribution in [0.5, 0.6) is 46.0 Å². The van der Waals surface area contributed by atoms with Gasteiger partial charge in [0, 0.05) is 0 Å². The summed E-state index contributed by atoms with van der Waals surface area (Å²) in [4.78, 5) is 0. The zero-order valence-electron chi connectivity index (χ0n) is 17.8. The van der Waals surface area contributed by atoms with E-state index in [1.165, 1.54) is 48.5 Å². The highest BCUT2D eigenvalue weighted by Crippen LogP contribution is 2.23. The summed E-state index contributed by atoms with van der Waals surface area (Å²) in [6.07, 6.45) is 0. The van der Waals surface area contributed by atoms with Gasteiger partial charge in [-0.3, -0.25) is 0 Å². The molecule has 4 aromatic rings. The molecule has 10 heteroatoms. The molecule has 0 aliphatic rings. The Balaban J connectivity index is 0. The molecule has 0 fully saturated rings. The number of benzene rings is 4. The monoisotopic (exact) mass is 508 g/mol. The van der Waals surface area contributed by atoms with Crippen LogP contribution in [-0.2, 0) is 0 Å². The van der Waals surface area contributed by atoms with E-state index in [9.17, 15) is 0 Å². The van der Waals surface area contributed by atoms with E-state index >= 15 is 0 Å². The first-order valence-electron chi connectivity index (χ1n) is 9.10. The van der Waals surface area contributed by atoms with Crippen molar-refractivity contribution < 1.29 is 40.9 Å². The largest absolute Gasteiger partial charge is 0.504 e. The summed E-state index contributed by atoms with van der Waals surface area (Å²) in [5, 5.41) is 69.4. The van der Waals surface area contributed by atoms with Gasteiger partial charge in [0.1, 0.15) is 0 Å². The number of para-hydroxylation sites is 8. The van der Waals surface area contributed by atoms with Crippen LogP contribution in [0.1, 0.15) is 0 Å². The summed E-state index contributed by atoms with van der Waals surface area (Å²) in [6, 6.07) is 24.6. The summed E-state index contributed by atoms with van der Waals surface area (Å²) in [5.41, 5.74) is 0. The van der Waals surface area contributed by atoms with E-state index in [1.54, 1.807) is 48.5 Å². The number of rotatable bonds is 0. The Morgan fingerprint density at radius 3 is 0.382 bits per heavy atom. The minimum Gasteiger partial charge on any atom is -0.504 e. The quantitative estimate of drug-likeness (QED) is 0.160. The van der Waals surface area contributed by atoms with E-state index in [4.69, 9.17) is 40.9 Å². The second-order valence-corrected chi connectivity index (χ2v) is 5.95. The van der Waals surface area contributed by atoms with Gasteiger partial charge in [0.15, 0.2) is 46.0 Å². The standard InChI is InChI=1S/4C6H6O2.2H2S/c4*7-5-3-1-2-4-6(5)8;;/h4*1-4,7-8H;2*1H2. The van der Waals surface area contributed by atoms with Crippen LogP contribution in [0.4, 0.5) is 0 Å². The third kappa shape index (κ3) is 12.7. The van der Waals surface area contributed by atoms with Crippen molar-refractivity contribution in [1.29, 1.82) is 0 Å². The lowest BCUT2D eigenvalue weighted by atomic mass is 10.3. The molecule has 8 nitrogen and oxygen atoms in total. The van der Waals surface area contributed by atoms with Crippen LogP contribution < -0.4 is 0 Å². The first-order valence-corrected chi connectivity index (χ1v) is 9.10. The predicted octanol–water partition coefficient (Wildman–Crippen LogP) is 4.62. The molecular formula is C24H28O8S2. The second-order valence-electron chi connectivity index (χ2n) is 5.95. The molecule has 0 aliphatic carbocycles. The second kappa shape index (κ2) is 17.5. The van der Waals surface area contributed by atoms with E-state index in [0.717, 1.165) is 0 Å². The zero-order chi connectivity index (χ0) is 23.9. The Hall–Kier alpha value is -4.02. The first kappa shape index (κ1) is 32.2. The van der Waals surface area contributed by atoms with Gasteiger partial charge in [-0.05, 0) is 48.5 Å². The number of phenols is 8. The molecule has 0 amide bonds. The lowest BCUT2D eigenvalue weighted by molar-refractivity contribution is 0.404. The van der Waals surface area contributed by atoms with Gasteiger partial charge in [-0.25, -0.2) is 0 Å². The molecule has 0 saturated heterocycles. The van der Waals surface area contributed by atoms with Crippen molar-refractivity contribution in [2.24, 2.45) is 0 Å². The van der Waals surface area contributed by atoms with E-state index in [-0.39, 0.29) is 73.0 Å². The maximum absolute atomic E-state index is 8.67. The Kier molecular flexibility index (Phi) is 16.6. The molecule has 8 N–H and O–H groups in total. The van der Waals surface area contributed by atoms with E-state index in [0.29, 0.717) is 0 Å². The van der Waals surface area contributed by atoms with Crippen molar-refractivity contribution in [2.75, 3.05) is 0 Å².